The molecule has 2 aromatic heterocycles. The van der Waals surface area contributed by atoms with E-state index in [2.05, 4.69) is 9.97 Å². The minimum atomic E-state index is 0.404. The Labute approximate surface area is 132 Å². The van der Waals surface area contributed by atoms with Gasteiger partial charge in [0, 0.05) is 18.0 Å². The lowest BCUT2D eigenvalue weighted by Gasteiger charge is -2.09. The molecule has 0 aliphatic heterocycles. The van der Waals surface area contributed by atoms with Crippen molar-refractivity contribution in [1.82, 2.24) is 14.5 Å². The quantitative estimate of drug-likeness (QED) is 0.799. The van der Waals surface area contributed by atoms with Crippen LogP contribution >= 0.6 is 11.6 Å². The van der Waals surface area contributed by atoms with Gasteiger partial charge in [0.2, 0.25) is 5.88 Å². The van der Waals surface area contributed by atoms with Crippen molar-refractivity contribution < 1.29 is 9.47 Å². The fourth-order valence-electron chi connectivity index (χ4n) is 1.90. The molecule has 1 aromatic carbocycles. The smallest absolute Gasteiger partial charge is 0.222 e. The number of rotatable bonds is 4. The van der Waals surface area contributed by atoms with Crippen LogP contribution in [0.25, 0.3) is 5.69 Å². The Morgan fingerprint density at radius 3 is 2.73 bits per heavy atom. The molecule has 0 spiro atoms. The van der Waals surface area contributed by atoms with Crippen LogP contribution in [0.3, 0.4) is 0 Å². The van der Waals surface area contributed by atoms with Crippen molar-refractivity contribution >= 4 is 17.4 Å². The standard InChI is InChI=1S/C15H13ClN4O2/c1-21-11-4-5-18-15(7-11)22-13-3-2-10(6-12(13)16)20-8-14(17)19-9-20/h2-9H,17H2,1H3. The molecule has 0 amide bonds. The maximum atomic E-state index is 6.26. The van der Waals surface area contributed by atoms with Gasteiger partial charge in [-0.15, -0.1) is 0 Å². The molecule has 0 fully saturated rings. The van der Waals surface area contributed by atoms with E-state index >= 15 is 0 Å². The summed E-state index contributed by atoms with van der Waals surface area (Å²) < 4.78 is 12.6. The topological polar surface area (TPSA) is 75.2 Å². The molecule has 0 bridgehead atoms. The second kappa shape index (κ2) is 5.95. The van der Waals surface area contributed by atoms with Gasteiger partial charge in [-0.3, -0.25) is 0 Å². The summed E-state index contributed by atoms with van der Waals surface area (Å²) in [6, 6.07) is 8.79. The Morgan fingerprint density at radius 1 is 1.18 bits per heavy atom. The molecule has 0 aliphatic carbocycles. The summed E-state index contributed by atoms with van der Waals surface area (Å²) in [6.45, 7) is 0. The Bertz CT molecular complexity index is 804. The summed E-state index contributed by atoms with van der Waals surface area (Å²) >= 11 is 6.26. The van der Waals surface area contributed by atoms with Gasteiger partial charge in [-0.25, -0.2) is 9.97 Å². The average molecular weight is 317 g/mol. The molecule has 112 valence electrons. The summed E-state index contributed by atoms with van der Waals surface area (Å²) in [7, 11) is 1.58. The molecule has 3 rings (SSSR count). The van der Waals surface area contributed by atoms with E-state index in [0.717, 1.165) is 5.69 Å². The van der Waals surface area contributed by atoms with Crippen molar-refractivity contribution in [3.8, 4) is 23.1 Å². The van der Waals surface area contributed by atoms with Crippen LogP contribution in [-0.2, 0) is 0 Å². The monoisotopic (exact) mass is 316 g/mol. The van der Waals surface area contributed by atoms with E-state index in [1.165, 1.54) is 0 Å². The number of methoxy groups -OCH3 is 1. The van der Waals surface area contributed by atoms with Crippen LogP contribution in [0, 0.1) is 0 Å². The Morgan fingerprint density at radius 2 is 2.05 bits per heavy atom. The van der Waals surface area contributed by atoms with Crippen LogP contribution in [0.5, 0.6) is 17.4 Å². The van der Waals surface area contributed by atoms with Gasteiger partial charge in [-0.1, -0.05) is 11.6 Å². The Hall–Kier alpha value is -2.73. The van der Waals surface area contributed by atoms with Gasteiger partial charge in [-0.05, 0) is 24.3 Å². The minimum Gasteiger partial charge on any atom is -0.497 e. The van der Waals surface area contributed by atoms with Crippen LogP contribution < -0.4 is 15.2 Å². The van der Waals surface area contributed by atoms with Crippen LogP contribution in [0.1, 0.15) is 0 Å². The molecular weight excluding hydrogens is 304 g/mol. The van der Waals surface area contributed by atoms with Crippen LogP contribution in [-0.4, -0.2) is 21.6 Å². The van der Waals surface area contributed by atoms with E-state index in [-0.39, 0.29) is 0 Å². The molecule has 0 saturated heterocycles. The van der Waals surface area contributed by atoms with Crippen molar-refractivity contribution in [3.63, 3.8) is 0 Å². The van der Waals surface area contributed by atoms with Crippen LogP contribution in [0.2, 0.25) is 5.02 Å². The first-order chi connectivity index (χ1) is 10.7. The number of benzene rings is 1. The SMILES string of the molecule is COc1ccnc(Oc2ccc(-n3cnc(N)c3)cc2Cl)c1. The third-order valence-corrected chi connectivity index (χ3v) is 3.27. The fraction of sp³-hybridized carbons (Fsp3) is 0.0667. The van der Waals surface area contributed by atoms with Crippen molar-refractivity contribution in [3.05, 3.63) is 54.1 Å². The lowest BCUT2D eigenvalue weighted by molar-refractivity contribution is 0.405. The maximum absolute atomic E-state index is 6.26. The van der Waals surface area contributed by atoms with Gasteiger partial charge in [0.25, 0.3) is 0 Å². The molecule has 2 N–H and O–H groups in total. The number of nitrogens with zero attached hydrogens (tertiary/aromatic N) is 3. The molecule has 3 aromatic rings. The number of halogens is 1. The minimum absolute atomic E-state index is 0.404. The highest BCUT2D eigenvalue weighted by atomic mass is 35.5. The molecular formula is C15H13ClN4O2. The summed E-state index contributed by atoms with van der Waals surface area (Å²) in [5, 5.41) is 0.453. The normalized spacial score (nSPS) is 10.5. The van der Waals surface area contributed by atoms with Crippen molar-refractivity contribution in [2.75, 3.05) is 12.8 Å². The van der Waals surface area contributed by atoms with Crippen molar-refractivity contribution in [2.45, 2.75) is 0 Å². The number of nitrogens with two attached hydrogens (primary N) is 1. The van der Waals surface area contributed by atoms with Gasteiger partial charge in [0.15, 0.2) is 0 Å². The second-order valence-corrected chi connectivity index (χ2v) is 4.86. The largest absolute Gasteiger partial charge is 0.497 e. The number of imidazole rings is 1. The molecule has 7 heteroatoms. The maximum Gasteiger partial charge on any atom is 0.222 e. The molecule has 2 heterocycles. The van der Waals surface area contributed by atoms with E-state index in [1.807, 2.05) is 6.07 Å². The lowest BCUT2D eigenvalue weighted by atomic mass is 10.3. The number of hydrogen-bond acceptors (Lipinski definition) is 5. The summed E-state index contributed by atoms with van der Waals surface area (Å²) in [5.41, 5.74) is 6.44. The molecule has 0 aliphatic rings. The number of hydrogen-bond donors (Lipinski definition) is 1. The van der Waals surface area contributed by atoms with Crippen molar-refractivity contribution in [1.29, 1.82) is 0 Å². The van der Waals surface area contributed by atoms with Crippen molar-refractivity contribution in [2.24, 2.45) is 0 Å². The zero-order chi connectivity index (χ0) is 15.5. The molecule has 22 heavy (non-hydrogen) atoms. The highest BCUT2D eigenvalue weighted by molar-refractivity contribution is 6.32. The van der Waals surface area contributed by atoms with Crippen LogP contribution in [0.15, 0.2) is 49.1 Å². The molecule has 0 radical (unpaired) electrons. The predicted octanol–water partition coefficient (Wildman–Crippen LogP) is 3.30. The van der Waals surface area contributed by atoms with Gasteiger partial charge in [0.05, 0.1) is 18.3 Å². The molecule has 0 atom stereocenters. The number of ether oxygens (including phenoxy) is 2. The molecule has 0 saturated carbocycles. The first kappa shape index (κ1) is 14.2. The van der Waals surface area contributed by atoms with E-state index < -0.39 is 0 Å². The highest BCUT2D eigenvalue weighted by Gasteiger charge is 2.08. The molecule has 0 unspecified atom stereocenters. The Balaban J connectivity index is 1.86. The number of nitrogen functional groups attached to an aromatic ring is 1. The first-order valence-electron chi connectivity index (χ1n) is 6.43. The number of aromatic nitrogens is 3. The van der Waals surface area contributed by atoms with E-state index in [9.17, 15) is 0 Å². The van der Waals surface area contributed by atoms with Gasteiger partial charge < -0.3 is 19.8 Å². The van der Waals surface area contributed by atoms with E-state index in [0.29, 0.717) is 28.2 Å². The number of anilines is 1. The van der Waals surface area contributed by atoms with E-state index in [1.54, 1.807) is 54.7 Å². The zero-order valence-corrected chi connectivity index (χ0v) is 12.5. The lowest BCUT2D eigenvalue weighted by Crippen LogP contribution is -1.93. The molecule has 6 nitrogen and oxygen atoms in total. The second-order valence-electron chi connectivity index (χ2n) is 4.46. The van der Waals surface area contributed by atoms with Crippen LogP contribution in [0.4, 0.5) is 5.82 Å². The van der Waals surface area contributed by atoms with Gasteiger partial charge >= 0.3 is 0 Å². The average Bonchev–Trinajstić information content (AvgIpc) is 2.96. The summed E-state index contributed by atoms with van der Waals surface area (Å²) in [6.07, 6.45) is 4.92. The number of pyridine rings is 1. The third kappa shape index (κ3) is 2.96. The fourth-order valence-corrected chi connectivity index (χ4v) is 2.11. The summed E-state index contributed by atoms with van der Waals surface area (Å²) in [5.74, 6) is 2.00. The van der Waals surface area contributed by atoms with Gasteiger partial charge in [0.1, 0.15) is 23.6 Å². The summed E-state index contributed by atoms with van der Waals surface area (Å²) in [4.78, 5) is 8.09. The zero-order valence-electron chi connectivity index (χ0n) is 11.7. The third-order valence-electron chi connectivity index (χ3n) is 2.97. The predicted molar refractivity (Wildman–Crippen MR) is 83.8 cm³/mol. The highest BCUT2D eigenvalue weighted by Crippen LogP contribution is 2.31. The van der Waals surface area contributed by atoms with Gasteiger partial charge in [-0.2, -0.15) is 0 Å². The Kier molecular flexibility index (Phi) is 3.84. The van der Waals surface area contributed by atoms with E-state index in [4.69, 9.17) is 26.8 Å². The first-order valence-corrected chi connectivity index (χ1v) is 6.81.